The topological polar surface area (TPSA) is 66.5 Å². The van der Waals surface area contributed by atoms with Gasteiger partial charge in [0.1, 0.15) is 5.41 Å². The summed E-state index contributed by atoms with van der Waals surface area (Å²) in [6.07, 6.45) is 3.76. The molecule has 1 saturated heterocycles. The van der Waals surface area contributed by atoms with Gasteiger partial charge in [0.2, 0.25) is 11.8 Å². The number of nitrogens with one attached hydrogen (secondary N) is 1. The van der Waals surface area contributed by atoms with E-state index in [1.165, 1.54) is 9.78 Å². The third-order valence-corrected chi connectivity index (χ3v) is 5.61. The van der Waals surface area contributed by atoms with Crippen LogP contribution in [0.3, 0.4) is 0 Å². The van der Waals surface area contributed by atoms with E-state index in [0.717, 1.165) is 24.1 Å². The molecule has 1 aromatic rings. The first-order valence-corrected chi connectivity index (χ1v) is 8.13. The van der Waals surface area contributed by atoms with Crippen molar-refractivity contribution in [2.75, 3.05) is 0 Å². The Kier molecular flexibility index (Phi) is 3.57. The number of hydrogen-bond acceptors (Lipinski definition) is 4. The maximum atomic E-state index is 12.7. The number of thiophene rings is 1. The second kappa shape index (κ2) is 5.26. The second-order valence-corrected chi connectivity index (χ2v) is 6.91. The Balaban J connectivity index is 1.85. The Labute approximate surface area is 127 Å². The molecule has 2 aliphatic rings. The van der Waals surface area contributed by atoms with Gasteiger partial charge < -0.3 is 0 Å². The van der Waals surface area contributed by atoms with Crippen LogP contribution in [0, 0.1) is 5.41 Å². The predicted molar refractivity (Wildman–Crippen MR) is 78.7 cm³/mol. The number of hydrogen-bond donors (Lipinski definition) is 1. The molecule has 2 fully saturated rings. The van der Waals surface area contributed by atoms with Gasteiger partial charge in [0.25, 0.3) is 0 Å². The van der Waals surface area contributed by atoms with Gasteiger partial charge in [-0.05, 0) is 31.4 Å². The fraction of sp³-hybridized carbons (Fsp3) is 0.533. The molecule has 6 heteroatoms. The van der Waals surface area contributed by atoms with Gasteiger partial charge in [-0.1, -0.05) is 19.8 Å². The molecule has 112 valence electrons. The lowest BCUT2D eigenvalue weighted by Gasteiger charge is -2.36. The summed E-state index contributed by atoms with van der Waals surface area (Å²) in [7, 11) is 0. The van der Waals surface area contributed by atoms with Crippen LogP contribution in [0.25, 0.3) is 0 Å². The van der Waals surface area contributed by atoms with E-state index >= 15 is 0 Å². The molecule has 0 bridgehead atoms. The van der Waals surface area contributed by atoms with Crippen molar-refractivity contribution in [1.29, 1.82) is 0 Å². The number of barbiturate groups is 1. The molecular weight excluding hydrogens is 288 g/mol. The highest BCUT2D eigenvalue weighted by molar-refractivity contribution is 7.12. The van der Waals surface area contributed by atoms with Crippen LogP contribution < -0.4 is 5.32 Å². The first-order chi connectivity index (χ1) is 10.1. The molecule has 1 saturated carbocycles. The van der Waals surface area contributed by atoms with E-state index < -0.39 is 17.4 Å². The zero-order valence-electron chi connectivity index (χ0n) is 12.0. The van der Waals surface area contributed by atoms with Crippen LogP contribution in [0.1, 0.15) is 42.4 Å². The maximum absolute atomic E-state index is 12.7. The maximum Gasteiger partial charge on any atom is 0.331 e. The molecule has 1 aromatic heterocycles. The Hall–Kier alpha value is -1.69. The lowest BCUT2D eigenvalue weighted by Crippen LogP contribution is -2.62. The second-order valence-electron chi connectivity index (χ2n) is 5.66. The summed E-state index contributed by atoms with van der Waals surface area (Å²) >= 11 is 1.60. The van der Waals surface area contributed by atoms with Crippen LogP contribution in [0.2, 0.25) is 0 Å². The minimum Gasteiger partial charge on any atom is -0.277 e. The average molecular weight is 306 g/mol. The van der Waals surface area contributed by atoms with E-state index in [-0.39, 0.29) is 12.5 Å². The molecule has 4 amide bonds. The summed E-state index contributed by atoms with van der Waals surface area (Å²) in [5.74, 6) is -0.730. The van der Waals surface area contributed by atoms with Gasteiger partial charge in [0.15, 0.2) is 0 Å². The SMILES string of the molecule is CCc1ccc(CN2C(=O)NC(=O)C3(CCCC3)C2=O)s1. The first-order valence-electron chi connectivity index (χ1n) is 7.32. The number of amides is 4. The summed E-state index contributed by atoms with van der Waals surface area (Å²) in [5, 5.41) is 2.37. The van der Waals surface area contributed by atoms with Crippen molar-refractivity contribution in [3.8, 4) is 0 Å². The largest absolute Gasteiger partial charge is 0.331 e. The Bertz CT molecular complexity index is 602. The minimum absolute atomic E-state index is 0.254. The molecule has 1 aliphatic carbocycles. The van der Waals surface area contributed by atoms with Crippen LogP contribution in [-0.2, 0) is 22.6 Å². The van der Waals surface area contributed by atoms with Crippen molar-refractivity contribution in [1.82, 2.24) is 10.2 Å². The van der Waals surface area contributed by atoms with Gasteiger partial charge in [-0.2, -0.15) is 0 Å². The quantitative estimate of drug-likeness (QED) is 0.872. The van der Waals surface area contributed by atoms with E-state index in [1.807, 2.05) is 12.1 Å². The third-order valence-electron chi connectivity index (χ3n) is 4.39. The molecule has 1 N–H and O–H groups in total. The molecule has 21 heavy (non-hydrogen) atoms. The lowest BCUT2D eigenvalue weighted by atomic mass is 9.82. The Morgan fingerprint density at radius 3 is 2.48 bits per heavy atom. The number of imide groups is 2. The van der Waals surface area contributed by atoms with Crippen LogP contribution >= 0.6 is 11.3 Å². The molecule has 0 aromatic carbocycles. The molecule has 1 aliphatic heterocycles. The molecular formula is C15H18N2O3S. The van der Waals surface area contributed by atoms with Gasteiger partial charge in [-0.25, -0.2) is 4.79 Å². The van der Waals surface area contributed by atoms with Crippen LogP contribution in [0.5, 0.6) is 0 Å². The molecule has 2 heterocycles. The summed E-state index contributed by atoms with van der Waals surface area (Å²) < 4.78 is 0. The highest BCUT2D eigenvalue weighted by atomic mass is 32.1. The van der Waals surface area contributed by atoms with Crippen molar-refractivity contribution in [2.45, 2.75) is 45.6 Å². The number of carbonyl (C=O) groups is 3. The van der Waals surface area contributed by atoms with Gasteiger partial charge in [-0.15, -0.1) is 11.3 Å². The van der Waals surface area contributed by atoms with Crippen molar-refractivity contribution in [2.24, 2.45) is 5.41 Å². The standard InChI is InChI=1S/C15H18N2O3S/c1-2-10-5-6-11(21-10)9-17-13(19)15(7-3-4-8-15)12(18)16-14(17)20/h5-6H,2-4,7-9H2,1H3,(H,16,18,20). The summed E-state index contributed by atoms with van der Waals surface area (Å²) in [6.45, 7) is 2.32. The van der Waals surface area contributed by atoms with Crippen LogP contribution in [-0.4, -0.2) is 22.7 Å². The van der Waals surface area contributed by atoms with Gasteiger partial charge in [0, 0.05) is 9.75 Å². The number of aryl methyl sites for hydroxylation is 1. The molecule has 0 atom stereocenters. The number of rotatable bonds is 3. The molecule has 5 nitrogen and oxygen atoms in total. The highest BCUT2D eigenvalue weighted by Crippen LogP contribution is 2.42. The average Bonchev–Trinajstić information content (AvgIpc) is 3.12. The Morgan fingerprint density at radius 1 is 1.19 bits per heavy atom. The van der Waals surface area contributed by atoms with Crippen molar-refractivity contribution in [3.63, 3.8) is 0 Å². The van der Waals surface area contributed by atoms with Crippen LogP contribution in [0.4, 0.5) is 4.79 Å². The van der Waals surface area contributed by atoms with Crippen molar-refractivity contribution < 1.29 is 14.4 Å². The predicted octanol–water partition coefficient (Wildman–Crippen LogP) is 2.45. The van der Waals surface area contributed by atoms with Crippen molar-refractivity contribution >= 4 is 29.2 Å². The van der Waals surface area contributed by atoms with Crippen LogP contribution in [0.15, 0.2) is 12.1 Å². The molecule has 1 spiro atoms. The van der Waals surface area contributed by atoms with Gasteiger partial charge in [-0.3, -0.25) is 19.8 Å². The smallest absolute Gasteiger partial charge is 0.277 e. The number of carbonyl (C=O) groups excluding carboxylic acids is 3. The number of urea groups is 1. The zero-order chi connectivity index (χ0) is 15.0. The molecule has 0 unspecified atom stereocenters. The summed E-state index contributed by atoms with van der Waals surface area (Å²) in [5.41, 5.74) is -1.00. The van der Waals surface area contributed by atoms with E-state index in [0.29, 0.717) is 12.8 Å². The van der Waals surface area contributed by atoms with Crippen molar-refractivity contribution in [3.05, 3.63) is 21.9 Å². The van der Waals surface area contributed by atoms with E-state index in [1.54, 1.807) is 11.3 Å². The monoisotopic (exact) mass is 306 g/mol. The number of nitrogens with zero attached hydrogens (tertiary/aromatic N) is 1. The fourth-order valence-corrected chi connectivity index (χ4v) is 4.10. The molecule has 3 rings (SSSR count). The van der Waals surface area contributed by atoms with Gasteiger partial charge >= 0.3 is 6.03 Å². The van der Waals surface area contributed by atoms with Gasteiger partial charge in [0.05, 0.1) is 6.54 Å². The highest BCUT2D eigenvalue weighted by Gasteiger charge is 2.54. The third kappa shape index (κ3) is 2.27. The molecule has 0 radical (unpaired) electrons. The zero-order valence-corrected chi connectivity index (χ0v) is 12.8. The van der Waals surface area contributed by atoms with E-state index in [2.05, 4.69) is 12.2 Å². The fourth-order valence-electron chi connectivity index (χ4n) is 3.15. The summed E-state index contributed by atoms with van der Waals surface area (Å²) in [4.78, 5) is 40.2. The van der Waals surface area contributed by atoms with E-state index in [9.17, 15) is 14.4 Å². The first kappa shape index (κ1) is 14.3. The normalized spacial score (nSPS) is 21.2. The van der Waals surface area contributed by atoms with E-state index in [4.69, 9.17) is 0 Å². The Morgan fingerprint density at radius 2 is 1.86 bits per heavy atom. The minimum atomic E-state index is -1.00. The lowest BCUT2D eigenvalue weighted by molar-refractivity contribution is -0.151. The summed E-state index contributed by atoms with van der Waals surface area (Å²) in [6, 6.07) is 3.37.